The quantitative estimate of drug-likeness (QED) is 0.872. The van der Waals surface area contributed by atoms with Gasteiger partial charge in [-0.3, -0.25) is 4.90 Å². The van der Waals surface area contributed by atoms with Crippen molar-refractivity contribution >= 4 is 10.8 Å². The van der Waals surface area contributed by atoms with Gasteiger partial charge in [0.15, 0.2) is 0 Å². The number of ether oxygens (including phenoxy) is 1. The molecule has 0 saturated carbocycles. The second kappa shape index (κ2) is 6.92. The summed E-state index contributed by atoms with van der Waals surface area (Å²) in [7, 11) is 1.72. The molecule has 1 N–H and O–H groups in total. The number of rotatable bonds is 6. The first kappa shape index (κ1) is 15.8. The molecule has 0 spiro atoms. The highest BCUT2D eigenvalue weighted by molar-refractivity contribution is 5.89. The van der Waals surface area contributed by atoms with Gasteiger partial charge in [0, 0.05) is 36.7 Å². The first-order valence-corrected chi connectivity index (χ1v) is 7.51. The van der Waals surface area contributed by atoms with Gasteiger partial charge in [0.25, 0.3) is 0 Å². The second-order valence-corrected chi connectivity index (χ2v) is 5.72. The normalized spacial score (nSPS) is 13.2. The Bertz CT molecular complexity index is 595. The minimum atomic E-state index is 0.143. The molecule has 2 aromatic carbocycles. The van der Waals surface area contributed by atoms with Crippen LogP contribution in [0.3, 0.4) is 0 Å². The molecule has 114 valence electrons. The van der Waals surface area contributed by atoms with Crippen molar-refractivity contribution in [3.63, 3.8) is 0 Å². The Morgan fingerprint density at radius 2 is 1.81 bits per heavy atom. The molecule has 3 heteroatoms. The highest BCUT2D eigenvalue weighted by Gasteiger charge is 2.21. The van der Waals surface area contributed by atoms with Crippen LogP contribution in [0.4, 0.5) is 0 Å². The molecule has 0 saturated heterocycles. The van der Waals surface area contributed by atoms with Gasteiger partial charge in [0.05, 0.1) is 6.61 Å². The molecule has 3 nitrogen and oxygen atoms in total. The van der Waals surface area contributed by atoms with Gasteiger partial charge >= 0.3 is 0 Å². The van der Waals surface area contributed by atoms with E-state index in [9.17, 15) is 5.11 Å². The standard InChI is InChI=1S/C18H25NO2/c1-13(2)19(11-12-21-4)14(3)16-10-9-15-7-5-6-8-17(15)18(16)20/h5-10,13-14,20H,11-12H2,1-4H3. The third kappa shape index (κ3) is 3.36. The van der Waals surface area contributed by atoms with E-state index in [2.05, 4.69) is 31.7 Å². The number of aromatic hydroxyl groups is 1. The van der Waals surface area contributed by atoms with Gasteiger partial charge in [-0.05, 0) is 26.2 Å². The van der Waals surface area contributed by atoms with Crippen molar-refractivity contribution < 1.29 is 9.84 Å². The summed E-state index contributed by atoms with van der Waals surface area (Å²) in [5.74, 6) is 0.392. The number of hydrogen-bond donors (Lipinski definition) is 1. The lowest BCUT2D eigenvalue weighted by molar-refractivity contribution is 0.101. The third-order valence-electron chi connectivity index (χ3n) is 4.10. The molecule has 21 heavy (non-hydrogen) atoms. The Labute approximate surface area is 127 Å². The molecular weight excluding hydrogens is 262 g/mol. The van der Waals surface area contributed by atoms with Crippen molar-refractivity contribution in [2.24, 2.45) is 0 Å². The van der Waals surface area contributed by atoms with Gasteiger partial charge in [-0.15, -0.1) is 0 Å². The molecule has 0 fully saturated rings. The van der Waals surface area contributed by atoms with E-state index in [0.29, 0.717) is 18.4 Å². The van der Waals surface area contributed by atoms with Crippen LogP contribution in [0.2, 0.25) is 0 Å². The largest absolute Gasteiger partial charge is 0.507 e. The minimum Gasteiger partial charge on any atom is -0.507 e. The van der Waals surface area contributed by atoms with Crippen LogP contribution in [0.5, 0.6) is 5.75 Å². The number of fused-ring (bicyclic) bond motifs is 1. The SMILES string of the molecule is COCCN(C(C)C)C(C)c1ccc2ccccc2c1O. The van der Waals surface area contributed by atoms with E-state index in [4.69, 9.17) is 4.74 Å². The van der Waals surface area contributed by atoms with Crippen LogP contribution in [0.25, 0.3) is 10.8 Å². The monoisotopic (exact) mass is 287 g/mol. The van der Waals surface area contributed by atoms with E-state index >= 15 is 0 Å². The topological polar surface area (TPSA) is 32.7 Å². The predicted octanol–water partition coefficient (Wildman–Crippen LogP) is 3.96. The molecule has 0 heterocycles. The van der Waals surface area contributed by atoms with Gasteiger partial charge in [-0.1, -0.05) is 36.4 Å². The first-order chi connectivity index (χ1) is 10.1. The average molecular weight is 287 g/mol. The molecule has 0 aliphatic rings. The highest BCUT2D eigenvalue weighted by atomic mass is 16.5. The van der Waals surface area contributed by atoms with Crippen LogP contribution >= 0.6 is 0 Å². The molecular formula is C18H25NO2. The van der Waals surface area contributed by atoms with Gasteiger partial charge in [0.1, 0.15) is 5.75 Å². The number of phenolic OH excluding ortho intramolecular Hbond substituents is 1. The second-order valence-electron chi connectivity index (χ2n) is 5.72. The average Bonchev–Trinajstić information content (AvgIpc) is 2.47. The molecule has 2 aromatic rings. The molecule has 0 aromatic heterocycles. The Morgan fingerprint density at radius 1 is 1.10 bits per heavy atom. The number of methoxy groups -OCH3 is 1. The number of phenols is 1. The van der Waals surface area contributed by atoms with Crippen molar-refractivity contribution in [1.82, 2.24) is 4.90 Å². The number of benzene rings is 2. The maximum Gasteiger partial charge on any atom is 0.128 e. The molecule has 0 radical (unpaired) electrons. The summed E-state index contributed by atoms with van der Waals surface area (Å²) in [5.41, 5.74) is 0.971. The summed E-state index contributed by atoms with van der Waals surface area (Å²) in [6.45, 7) is 8.02. The number of nitrogens with zero attached hydrogens (tertiary/aromatic N) is 1. The molecule has 0 aliphatic heterocycles. The van der Waals surface area contributed by atoms with E-state index in [1.807, 2.05) is 30.3 Å². The van der Waals surface area contributed by atoms with Crippen molar-refractivity contribution in [3.8, 4) is 5.75 Å². The molecule has 2 rings (SSSR count). The summed E-state index contributed by atoms with van der Waals surface area (Å²) >= 11 is 0. The van der Waals surface area contributed by atoms with Crippen LogP contribution in [-0.2, 0) is 4.74 Å². The number of hydrogen-bond acceptors (Lipinski definition) is 3. The zero-order valence-corrected chi connectivity index (χ0v) is 13.3. The van der Waals surface area contributed by atoms with Crippen molar-refractivity contribution in [1.29, 1.82) is 0 Å². The lowest BCUT2D eigenvalue weighted by Crippen LogP contribution is -2.36. The van der Waals surface area contributed by atoms with Crippen molar-refractivity contribution in [2.45, 2.75) is 32.9 Å². The molecule has 0 bridgehead atoms. The predicted molar refractivity (Wildman–Crippen MR) is 87.7 cm³/mol. The fourth-order valence-electron chi connectivity index (χ4n) is 2.88. The van der Waals surface area contributed by atoms with E-state index in [-0.39, 0.29) is 6.04 Å². The molecule has 0 aliphatic carbocycles. The Balaban J connectivity index is 2.37. The maximum atomic E-state index is 10.6. The van der Waals surface area contributed by atoms with E-state index in [0.717, 1.165) is 22.9 Å². The van der Waals surface area contributed by atoms with Crippen LogP contribution < -0.4 is 0 Å². The lowest BCUT2D eigenvalue weighted by Gasteiger charge is -2.33. The molecule has 1 unspecified atom stereocenters. The fourth-order valence-corrected chi connectivity index (χ4v) is 2.88. The minimum absolute atomic E-state index is 0.143. The van der Waals surface area contributed by atoms with E-state index in [1.54, 1.807) is 7.11 Å². The summed E-state index contributed by atoms with van der Waals surface area (Å²) in [4.78, 5) is 2.34. The van der Waals surface area contributed by atoms with Crippen LogP contribution in [0, 0.1) is 0 Å². The lowest BCUT2D eigenvalue weighted by atomic mass is 9.99. The third-order valence-corrected chi connectivity index (χ3v) is 4.10. The Kier molecular flexibility index (Phi) is 5.21. The van der Waals surface area contributed by atoms with Gasteiger partial charge < -0.3 is 9.84 Å². The summed E-state index contributed by atoms with van der Waals surface area (Å²) in [6, 6.07) is 12.6. The maximum absolute atomic E-state index is 10.6. The van der Waals surface area contributed by atoms with Crippen molar-refractivity contribution in [3.05, 3.63) is 42.0 Å². The van der Waals surface area contributed by atoms with Gasteiger partial charge in [-0.2, -0.15) is 0 Å². The summed E-state index contributed by atoms with van der Waals surface area (Å²) < 4.78 is 5.20. The van der Waals surface area contributed by atoms with Crippen molar-refractivity contribution in [2.75, 3.05) is 20.3 Å². The smallest absolute Gasteiger partial charge is 0.128 e. The zero-order valence-electron chi connectivity index (χ0n) is 13.3. The fraction of sp³-hybridized carbons (Fsp3) is 0.444. The Morgan fingerprint density at radius 3 is 2.48 bits per heavy atom. The summed E-state index contributed by atoms with van der Waals surface area (Å²) in [5, 5.41) is 12.6. The summed E-state index contributed by atoms with van der Waals surface area (Å²) in [6.07, 6.45) is 0. The highest BCUT2D eigenvalue weighted by Crippen LogP contribution is 2.35. The van der Waals surface area contributed by atoms with Crippen LogP contribution in [-0.4, -0.2) is 36.3 Å². The zero-order chi connectivity index (χ0) is 15.4. The van der Waals surface area contributed by atoms with Crippen LogP contribution in [0.15, 0.2) is 36.4 Å². The Hall–Kier alpha value is -1.58. The van der Waals surface area contributed by atoms with E-state index < -0.39 is 0 Å². The van der Waals surface area contributed by atoms with E-state index in [1.165, 1.54) is 0 Å². The van der Waals surface area contributed by atoms with Crippen LogP contribution in [0.1, 0.15) is 32.4 Å². The van der Waals surface area contributed by atoms with Gasteiger partial charge in [-0.25, -0.2) is 0 Å². The van der Waals surface area contributed by atoms with Gasteiger partial charge in [0.2, 0.25) is 0 Å². The first-order valence-electron chi connectivity index (χ1n) is 7.51. The molecule has 0 amide bonds. The molecule has 1 atom stereocenters.